The maximum atomic E-state index is 5.90. The van der Waals surface area contributed by atoms with Crippen LogP contribution in [0, 0.1) is 0 Å². The number of hydrogen-bond acceptors (Lipinski definition) is 1. The Labute approximate surface area is 154 Å². The molecule has 0 saturated carbocycles. The van der Waals surface area contributed by atoms with Crippen molar-refractivity contribution in [1.82, 2.24) is 5.32 Å². The van der Waals surface area contributed by atoms with E-state index in [0.29, 0.717) is 11.2 Å². The topological polar surface area (TPSA) is 28.5 Å². The summed E-state index contributed by atoms with van der Waals surface area (Å²) in [5.41, 5.74) is 2.38. The lowest BCUT2D eigenvalue weighted by Gasteiger charge is -2.30. The Morgan fingerprint density at radius 3 is 2.38 bits per heavy atom. The molecule has 0 aromatic heterocycles. The highest BCUT2D eigenvalue weighted by atomic mass is 35.5. The third-order valence-electron chi connectivity index (χ3n) is 4.43. The van der Waals surface area contributed by atoms with Gasteiger partial charge in [0.15, 0.2) is 5.11 Å². The SMILES string of the molecule is S=C(Nc1ccc(Cl)cc1)NC1CC[NH+](Cc2ccccc2)CC1. The average Bonchev–Trinajstić information content (AvgIpc) is 2.60. The van der Waals surface area contributed by atoms with Gasteiger partial charge >= 0.3 is 0 Å². The Hall–Kier alpha value is -1.62. The minimum Gasteiger partial charge on any atom is -0.359 e. The fourth-order valence-electron chi connectivity index (χ4n) is 3.12. The minimum absolute atomic E-state index is 0.455. The minimum atomic E-state index is 0.455. The van der Waals surface area contributed by atoms with Crippen molar-refractivity contribution in [3.05, 3.63) is 65.2 Å². The molecule has 1 aliphatic heterocycles. The highest BCUT2D eigenvalue weighted by Crippen LogP contribution is 2.13. The maximum absolute atomic E-state index is 5.90. The van der Waals surface area contributed by atoms with Gasteiger partial charge in [-0.15, -0.1) is 0 Å². The summed E-state index contributed by atoms with van der Waals surface area (Å²) in [7, 11) is 0. The normalized spacial score (nSPS) is 20.4. The first kappa shape index (κ1) is 17.2. The molecular formula is C19H23ClN3S+. The molecule has 5 heteroatoms. The lowest BCUT2D eigenvalue weighted by atomic mass is 10.0. The van der Waals surface area contributed by atoms with Crippen molar-refractivity contribution in [2.75, 3.05) is 18.4 Å². The van der Waals surface area contributed by atoms with E-state index in [1.54, 1.807) is 4.90 Å². The van der Waals surface area contributed by atoms with E-state index in [4.69, 9.17) is 23.8 Å². The van der Waals surface area contributed by atoms with Crippen LogP contribution < -0.4 is 15.5 Å². The van der Waals surface area contributed by atoms with Crippen molar-refractivity contribution >= 4 is 34.6 Å². The number of nitrogens with one attached hydrogen (secondary N) is 3. The van der Waals surface area contributed by atoms with Crippen LogP contribution in [-0.4, -0.2) is 24.2 Å². The van der Waals surface area contributed by atoms with Crippen molar-refractivity contribution in [3.63, 3.8) is 0 Å². The van der Waals surface area contributed by atoms with Gasteiger partial charge in [-0.3, -0.25) is 0 Å². The first-order valence-corrected chi connectivity index (χ1v) is 9.18. The molecule has 0 amide bonds. The van der Waals surface area contributed by atoms with E-state index in [-0.39, 0.29) is 0 Å². The van der Waals surface area contributed by atoms with Gasteiger partial charge in [-0.2, -0.15) is 0 Å². The number of piperidine rings is 1. The van der Waals surface area contributed by atoms with Crippen LogP contribution in [0.4, 0.5) is 5.69 Å². The van der Waals surface area contributed by atoms with Crippen molar-refractivity contribution in [2.45, 2.75) is 25.4 Å². The van der Waals surface area contributed by atoms with Crippen LogP contribution in [-0.2, 0) is 6.54 Å². The summed E-state index contributed by atoms with van der Waals surface area (Å²) < 4.78 is 0. The van der Waals surface area contributed by atoms with Crippen LogP contribution >= 0.6 is 23.8 Å². The molecule has 1 aliphatic rings. The fourth-order valence-corrected chi connectivity index (χ4v) is 3.53. The van der Waals surface area contributed by atoms with Gasteiger partial charge in [0.1, 0.15) is 6.54 Å². The molecule has 0 bridgehead atoms. The quantitative estimate of drug-likeness (QED) is 0.732. The number of anilines is 1. The molecule has 0 spiro atoms. The molecule has 24 heavy (non-hydrogen) atoms. The Bertz CT molecular complexity index is 652. The summed E-state index contributed by atoms with van der Waals surface area (Å²) in [6.07, 6.45) is 2.29. The smallest absolute Gasteiger partial charge is 0.171 e. The van der Waals surface area contributed by atoms with Gasteiger partial charge in [0.2, 0.25) is 0 Å². The number of thiocarbonyl (C=S) groups is 1. The molecule has 3 nitrogen and oxygen atoms in total. The number of likely N-dealkylation sites (tertiary alicyclic amines) is 1. The molecule has 0 atom stereocenters. The van der Waals surface area contributed by atoms with E-state index >= 15 is 0 Å². The largest absolute Gasteiger partial charge is 0.359 e. The van der Waals surface area contributed by atoms with E-state index < -0.39 is 0 Å². The van der Waals surface area contributed by atoms with Crippen LogP contribution in [0.2, 0.25) is 5.02 Å². The average molecular weight is 361 g/mol. The second kappa shape index (κ2) is 8.47. The van der Waals surface area contributed by atoms with Gasteiger partial charge in [-0.25, -0.2) is 0 Å². The molecule has 1 saturated heterocycles. The van der Waals surface area contributed by atoms with E-state index in [1.165, 1.54) is 18.7 Å². The summed E-state index contributed by atoms with van der Waals surface area (Å²) in [4.78, 5) is 1.65. The third kappa shape index (κ3) is 5.20. The first-order chi connectivity index (χ1) is 11.7. The molecule has 1 heterocycles. The zero-order valence-electron chi connectivity index (χ0n) is 13.6. The van der Waals surface area contributed by atoms with Gasteiger partial charge in [-0.1, -0.05) is 41.9 Å². The Kier molecular flexibility index (Phi) is 6.07. The van der Waals surface area contributed by atoms with Crippen molar-refractivity contribution in [1.29, 1.82) is 0 Å². The van der Waals surface area contributed by atoms with Crippen LogP contribution in [0.25, 0.3) is 0 Å². The molecule has 2 aromatic carbocycles. The van der Waals surface area contributed by atoms with E-state index in [2.05, 4.69) is 41.0 Å². The summed E-state index contributed by atoms with van der Waals surface area (Å²) in [5, 5.41) is 8.08. The number of rotatable bonds is 4. The molecule has 3 N–H and O–H groups in total. The number of benzene rings is 2. The lowest BCUT2D eigenvalue weighted by molar-refractivity contribution is -0.918. The molecule has 0 unspecified atom stereocenters. The predicted octanol–water partition coefficient (Wildman–Crippen LogP) is 2.87. The molecule has 1 fully saturated rings. The number of halogens is 1. The zero-order chi connectivity index (χ0) is 16.8. The maximum Gasteiger partial charge on any atom is 0.171 e. The van der Waals surface area contributed by atoms with Gasteiger partial charge in [0.05, 0.1) is 13.1 Å². The summed E-state index contributed by atoms with van der Waals surface area (Å²) in [6.45, 7) is 3.47. The van der Waals surface area contributed by atoms with Gasteiger partial charge in [-0.05, 0) is 36.5 Å². The molecule has 0 aliphatic carbocycles. The third-order valence-corrected chi connectivity index (χ3v) is 4.90. The molecule has 2 aromatic rings. The lowest BCUT2D eigenvalue weighted by Crippen LogP contribution is -3.12. The van der Waals surface area contributed by atoms with Crippen molar-refractivity contribution in [2.24, 2.45) is 0 Å². The molecule has 3 rings (SSSR count). The molecule has 0 radical (unpaired) electrons. The van der Waals surface area contributed by atoms with Crippen LogP contribution in [0.3, 0.4) is 0 Å². The monoisotopic (exact) mass is 360 g/mol. The number of quaternary nitrogens is 1. The van der Waals surface area contributed by atoms with Gasteiger partial charge in [0, 0.05) is 35.2 Å². The molecule has 126 valence electrons. The number of hydrogen-bond donors (Lipinski definition) is 3. The summed E-state index contributed by atoms with van der Waals surface area (Å²) in [5.74, 6) is 0. The Morgan fingerprint density at radius 1 is 1.04 bits per heavy atom. The van der Waals surface area contributed by atoms with Crippen molar-refractivity contribution in [3.8, 4) is 0 Å². The Morgan fingerprint density at radius 2 is 1.71 bits per heavy atom. The fraction of sp³-hybridized carbons (Fsp3) is 0.316. The van der Waals surface area contributed by atoms with E-state index in [0.717, 1.165) is 30.1 Å². The summed E-state index contributed by atoms with van der Waals surface area (Å²) >= 11 is 11.3. The van der Waals surface area contributed by atoms with Crippen molar-refractivity contribution < 1.29 is 4.90 Å². The molecular weight excluding hydrogens is 338 g/mol. The predicted molar refractivity (Wildman–Crippen MR) is 105 cm³/mol. The van der Waals surface area contributed by atoms with Crippen LogP contribution in [0.15, 0.2) is 54.6 Å². The van der Waals surface area contributed by atoms with E-state index in [9.17, 15) is 0 Å². The van der Waals surface area contributed by atoms with E-state index in [1.807, 2.05) is 24.3 Å². The van der Waals surface area contributed by atoms with Gasteiger partial charge in [0.25, 0.3) is 0 Å². The second-order valence-electron chi connectivity index (χ2n) is 6.29. The van der Waals surface area contributed by atoms with Gasteiger partial charge < -0.3 is 15.5 Å². The zero-order valence-corrected chi connectivity index (χ0v) is 15.2. The van der Waals surface area contributed by atoms with Crippen LogP contribution in [0.1, 0.15) is 18.4 Å². The van der Waals surface area contributed by atoms with Crippen LogP contribution in [0.5, 0.6) is 0 Å². The standard InChI is InChI=1S/C19H22ClN3S/c20-16-6-8-17(9-7-16)21-19(24)22-18-10-12-23(13-11-18)14-15-4-2-1-3-5-15/h1-9,18H,10-14H2,(H2,21,22,24)/p+1. The Balaban J connectivity index is 1.41. The first-order valence-electron chi connectivity index (χ1n) is 8.39. The highest BCUT2D eigenvalue weighted by molar-refractivity contribution is 7.80. The second-order valence-corrected chi connectivity index (χ2v) is 7.14. The summed E-state index contributed by atoms with van der Waals surface area (Å²) in [6, 6.07) is 18.8. The highest BCUT2D eigenvalue weighted by Gasteiger charge is 2.22.